The van der Waals surface area contributed by atoms with Crippen LogP contribution in [0.15, 0.2) is 18.2 Å². The van der Waals surface area contributed by atoms with Crippen molar-refractivity contribution in [3.8, 4) is 0 Å². The molecule has 0 bridgehead atoms. The second kappa shape index (κ2) is 6.93. The second-order valence-corrected chi connectivity index (χ2v) is 6.40. The van der Waals surface area contributed by atoms with E-state index in [4.69, 9.17) is 4.84 Å². The molecule has 23 heavy (non-hydrogen) atoms. The standard InChI is InChI=1S/C17H21F2NO3/c18-14-7-13(8-15(19)9-14)16-5-6-23-20(16)17(22)12-3-1-11(10-21)2-4-12/h7-9,11-12,16,21H,1-6,10H2/t11-,12+,16-/m0/s1. The van der Waals surface area contributed by atoms with Crippen molar-refractivity contribution in [2.75, 3.05) is 13.2 Å². The Morgan fingerprint density at radius 3 is 2.39 bits per heavy atom. The summed E-state index contributed by atoms with van der Waals surface area (Å²) >= 11 is 0. The predicted octanol–water partition coefficient (Wildman–Crippen LogP) is 2.97. The topological polar surface area (TPSA) is 49.8 Å². The lowest BCUT2D eigenvalue weighted by Crippen LogP contribution is -2.37. The van der Waals surface area contributed by atoms with Gasteiger partial charge in [0.15, 0.2) is 0 Å². The van der Waals surface area contributed by atoms with Crippen LogP contribution in [0.4, 0.5) is 8.78 Å². The summed E-state index contributed by atoms with van der Waals surface area (Å²) in [6.07, 6.45) is 3.60. The van der Waals surface area contributed by atoms with E-state index in [1.165, 1.54) is 17.2 Å². The van der Waals surface area contributed by atoms with Crippen molar-refractivity contribution in [2.24, 2.45) is 11.8 Å². The van der Waals surface area contributed by atoms with Gasteiger partial charge in [-0.1, -0.05) is 0 Å². The molecule has 2 aliphatic rings. The number of hydroxylamine groups is 2. The smallest absolute Gasteiger partial charge is 0.249 e. The zero-order valence-corrected chi connectivity index (χ0v) is 12.9. The molecule has 2 fully saturated rings. The van der Waals surface area contributed by atoms with Crippen LogP contribution in [0.3, 0.4) is 0 Å². The molecule has 4 nitrogen and oxygen atoms in total. The molecule has 1 N–H and O–H groups in total. The fourth-order valence-corrected chi connectivity index (χ4v) is 3.53. The zero-order chi connectivity index (χ0) is 16.4. The molecule has 0 spiro atoms. The van der Waals surface area contributed by atoms with Crippen LogP contribution < -0.4 is 0 Å². The summed E-state index contributed by atoms with van der Waals surface area (Å²) in [5, 5.41) is 10.5. The van der Waals surface area contributed by atoms with Gasteiger partial charge in [-0.2, -0.15) is 0 Å². The van der Waals surface area contributed by atoms with Crippen LogP contribution in [0.1, 0.15) is 43.7 Å². The van der Waals surface area contributed by atoms with Crippen LogP contribution in [0.25, 0.3) is 0 Å². The first kappa shape index (κ1) is 16.3. The van der Waals surface area contributed by atoms with E-state index in [2.05, 4.69) is 0 Å². The molecule has 1 aromatic carbocycles. The molecule has 1 aromatic rings. The van der Waals surface area contributed by atoms with Crippen LogP contribution >= 0.6 is 0 Å². The van der Waals surface area contributed by atoms with Crippen molar-refractivity contribution in [2.45, 2.75) is 38.1 Å². The van der Waals surface area contributed by atoms with E-state index >= 15 is 0 Å². The number of aliphatic hydroxyl groups is 1. The highest BCUT2D eigenvalue weighted by Gasteiger charge is 2.37. The molecular weight excluding hydrogens is 304 g/mol. The van der Waals surface area contributed by atoms with Gasteiger partial charge in [-0.25, -0.2) is 13.8 Å². The number of nitrogens with zero attached hydrogens (tertiary/aromatic N) is 1. The minimum atomic E-state index is -0.650. The van der Waals surface area contributed by atoms with Gasteiger partial charge in [0, 0.05) is 25.0 Å². The van der Waals surface area contributed by atoms with Crippen LogP contribution in [0, 0.1) is 23.5 Å². The zero-order valence-electron chi connectivity index (χ0n) is 12.9. The maximum absolute atomic E-state index is 13.4. The fraction of sp³-hybridized carbons (Fsp3) is 0.588. The molecule has 6 heteroatoms. The van der Waals surface area contributed by atoms with E-state index in [1.54, 1.807) is 0 Å². The van der Waals surface area contributed by atoms with Crippen LogP contribution in [-0.2, 0) is 9.63 Å². The Morgan fingerprint density at radius 2 is 1.78 bits per heavy atom. The van der Waals surface area contributed by atoms with Crippen LogP contribution in [-0.4, -0.2) is 29.3 Å². The van der Waals surface area contributed by atoms with Crippen molar-refractivity contribution < 1.29 is 23.5 Å². The van der Waals surface area contributed by atoms with Gasteiger partial charge in [-0.3, -0.25) is 9.63 Å². The van der Waals surface area contributed by atoms with Crippen LogP contribution in [0.5, 0.6) is 0 Å². The molecular formula is C17H21F2NO3. The highest BCUT2D eigenvalue weighted by molar-refractivity contribution is 5.78. The number of amides is 1. The Hall–Kier alpha value is -1.53. The maximum Gasteiger partial charge on any atom is 0.249 e. The number of hydrogen-bond donors (Lipinski definition) is 1. The third-order valence-electron chi connectivity index (χ3n) is 4.85. The molecule has 1 aliphatic carbocycles. The highest BCUT2D eigenvalue weighted by atomic mass is 19.1. The van der Waals surface area contributed by atoms with Gasteiger partial charge >= 0.3 is 0 Å². The third kappa shape index (κ3) is 3.53. The number of aliphatic hydroxyl groups excluding tert-OH is 1. The van der Waals surface area contributed by atoms with Gasteiger partial charge in [0.1, 0.15) is 11.6 Å². The Morgan fingerprint density at radius 1 is 1.13 bits per heavy atom. The van der Waals surface area contributed by atoms with E-state index in [1.807, 2.05) is 0 Å². The van der Waals surface area contributed by atoms with Crippen LogP contribution in [0.2, 0.25) is 0 Å². The Bertz CT molecular complexity index is 553. The summed E-state index contributed by atoms with van der Waals surface area (Å²) in [4.78, 5) is 18.2. The van der Waals surface area contributed by atoms with Gasteiger partial charge in [0.2, 0.25) is 5.91 Å². The number of carbonyl (C=O) groups excluding carboxylic acids is 1. The first-order chi connectivity index (χ1) is 11.1. The first-order valence-electron chi connectivity index (χ1n) is 8.11. The summed E-state index contributed by atoms with van der Waals surface area (Å²) in [7, 11) is 0. The Kier molecular flexibility index (Phi) is 4.92. The van der Waals surface area contributed by atoms with E-state index in [0.29, 0.717) is 31.4 Å². The molecule has 1 atom stereocenters. The Labute approximate surface area is 134 Å². The molecule has 126 valence electrons. The average Bonchev–Trinajstić information content (AvgIpc) is 3.03. The number of benzene rings is 1. The lowest BCUT2D eigenvalue weighted by Gasteiger charge is -2.31. The van der Waals surface area contributed by atoms with Crippen molar-refractivity contribution in [1.29, 1.82) is 0 Å². The molecule has 1 aliphatic heterocycles. The van der Waals surface area contributed by atoms with Gasteiger partial charge in [-0.15, -0.1) is 0 Å². The molecule has 3 rings (SSSR count). The molecule has 1 saturated carbocycles. The van der Waals surface area contributed by atoms with Crippen molar-refractivity contribution >= 4 is 5.91 Å². The van der Waals surface area contributed by atoms with Gasteiger partial charge < -0.3 is 5.11 Å². The summed E-state index contributed by atoms with van der Waals surface area (Å²) in [6.45, 7) is 0.521. The van der Waals surface area contributed by atoms with Crippen molar-refractivity contribution in [3.05, 3.63) is 35.4 Å². The average molecular weight is 325 g/mol. The number of carbonyl (C=O) groups is 1. The Balaban J connectivity index is 1.72. The number of halogens is 2. The summed E-state index contributed by atoms with van der Waals surface area (Å²) in [6, 6.07) is 2.89. The summed E-state index contributed by atoms with van der Waals surface area (Å²) in [5.74, 6) is -1.29. The first-order valence-corrected chi connectivity index (χ1v) is 8.11. The second-order valence-electron chi connectivity index (χ2n) is 6.40. The van der Waals surface area contributed by atoms with Crippen molar-refractivity contribution in [1.82, 2.24) is 5.06 Å². The van der Waals surface area contributed by atoms with E-state index in [-0.39, 0.29) is 24.3 Å². The molecule has 1 amide bonds. The number of rotatable bonds is 3. The van der Waals surface area contributed by atoms with Gasteiger partial charge in [-0.05, 0) is 49.3 Å². The fourth-order valence-electron chi connectivity index (χ4n) is 3.53. The maximum atomic E-state index is 13.4. The van der Waals surface area contributed by atoms with Gasteiger partial charge in [0.05, 0.1) is 12.6 Å². The largest absolute Gasteiger partial charge is 0.396 e. The SMILES string of the molecule is O=C([C@H]1CC[C@@H](CO)CC1)N1OCC[C@H]1c1cc(F)cc(F)c1. The lowest BCUT2D eigenvalue weighted by atomic mass is 9.81. The molecule has 0 unspecified atom stereocenters. The lowest BCUT2D eigenvalue weighted by molar-refractivity contribution is -0.183. The normalized spacial score (nSPS) is 28.1. The minimum absolute atomic E-state index is 0.117. The van der Waals surface area contributed by atoms with E-state index in [0.717, 1.165) is 18.9 Å². The molecule has 0 radical (unpaired) electrons. The third-order valence-corrected chi connectivity index (χ3v) is 4.85. The predicted molar refractivity (Wildman–Crippen MR) is 79.0 cm³/mol. The summed E-state index contributed by atoms with van der Waals surface area (Å²) < 4.78 is 26.9. The number of hydrogen-bond acceptors (Lipinski definition) is 3. The molecule has 1 saturated heterocycles. The monoisotopic (exact) mass is 325 g/mol. The quantitative estimate of drug-likeness (QED) is 0.929. The highest BCUT2D eigenvalue weighted by Crippen LogP contribution is 2.36. The van der Waals surface area contributed by atoms with E-state index in [9.17, 15) is 18.7 Å². The van der Waals surface area contributed by atoms with Gasteiger partial charge in [0.25, 0.3) is 0 Å². The van der Waals surface area contributed by atoms with E-state index < -0.39 is 17.7 Å². The summed E-state index contributed by atoms with van der Waals surface area (Å²) in [5.41, 5.74) is 0.428. The molecule has 0 aromatic heterocycles. The van der Waals surface area contributed by atoms with Crippen molar-refractivity contribution in [3.63, 3.8) is 0 Å². The molecule has 1 heterocycles. The minimum Gasteiger partial charge on any atom is -0.396 e.